The van der Waals surface area contributed by atoms with Gasteiger partial charge in [0.05, 0.1) is 5.25 Å². The van der Waals surface area contributed by atoms with E-state index in [4.69, 9.17) is 0 Å². The van der Waals surface area contributed by atoms with Crippen LogP contribution in [0.5, 0.6) is 0 Å². The van der Waals surface area contributed by atoms with E-state index < -0.39 is 10.0 Å². The standard InChI is InChI=1S/C21H31N3O2S2/c25-28(26,18-4-5-18)22-17-14-16(15-17)6-8-23-9-11-24(12-10-23)20-2-1-3-21-19(20)7-13-27-21/h1,3,7,13,16-18,20,22H,2,4-6,8-12,14-15H2. The Balaban J connectivity index is 1.02. The van der Waals surface area contributed by atoms with Crippen molar-refractivity contribution >= 4 is 27.4 Å². The number of fused-ring (bicyclic) bond motifs is 1. The summed E-state index contributed by atoms with van der Waals surface area (Å²) in [7, 11) is -3.01. The SMILES string of the molecule is O=S(=O)(NC1CC(CCN2CCN(C3CC=Cc4sccc43)CC2)C1)C1CC1. The van der Waals surface area contributed by atoms with Crippen molar-refractivity contribution in [2.24, 2.45) is 5.92 Å². The van der Waals surface area contributed by atoms with Crippen LogP contribution in [0.1, 0.15) is 55.0 Å². The molecule has 5 nitrogen and oxygen atoms in total. The first-order chi connectivity index (χ1) is 13.6. The maximum absolute atomic E-state index is 12.0. The summed E-state index contributed by atoms with van der Waals surface area (Å²) < 4.78 is 26.9. The number of hydrogen-bond donors (Lipinski definition) is 1. The van der Waals surface area contributed by atoms with Crippen molar-refractivity contribution in [2.45, 2.75) is 55.9 Å². The third kappa shape index (κ3) is 4.10. The topological polar surface area (TPSA) is 52.7 Å². The molecule has 1 atom stereocenters. The smallest absolute Gasteiger partial charge is 0.214 e. The zero-order valence-corrected chi connectivity index (χ0v) is 18.1. The van der Waals surface area contributed by atoms with E-state index in [1.165, 1.54) is 16.9 Å². The number of thiophene rings is 1. The molecule has 2 heterocycles. The molecule has 0 aromatic carbocycles. The summed E-state index contributed by atoms with van der Waals surface area (Å²) in [6, 6.07) is 3.08. The van der Waals surface area contributed by atoms with Crippen molar-refractivity contribution in [3.8, 4) is 0 Å². The number of piperazine rings is 1. The van der Waals surface area contributed by atoms with E-state index in [0.717, 1.165) is 64.8 Å². The van der Waals surface area contributed by atoms with Gasteiger partial charge in [0.25, 0.3) is 0 Å². The highest BCUT2D eigenvalue weighted by molar-refractivity contribution is 7.90. The third-order valence-corrected chi connectivity index (χ3v) is 9.85. The second kappa shape index (κ2) is 7.84. The fourth-order valence-corrected chi connectivity index (χ4v) is 7.44. The Labute approximate surface area is 172 Å². The summed E-state index contributed by atoms with van der Waals surface area (Å²) in [5.74, 6) is 0.696. The van der Waals surface area contributed by atoms with Gasteiger partial charge in [-0.3, -0.25) is 4.90 Å². The van der Waals surface area contributed by atoms with Crippen LogP contribution in [0.25, 0.3) is 6.08 Å². The van der Waals surface area contributed by atoms with Gasteiger partial charge in [-0.05, 0) is 74.1 Å². The molecule has 5 rings (SSSR count). The molecular formula is C21H31N3O2S2. The first-order valence-electron chi connectivity index (χ1n) is 10.8. The van der Waals surface area contributed by atoms with E-state index in [0.29, 0.717) is 12.0 Å². The van der Waals surface area contributed by atoms with Gasteiger partial charge in [0, 0.05) is 43.1 Å². The van der Waals surface area contributed by atoms with Crippen molar-refractivity contribution < 1.29 is 8.42 Å². The molecule has 3 fully saturated rings. The quantitative estimate of drug-likeness (QED) is 0.735. The van der Waals surface area contributed by atoms with Gasteiger partial charge in [-0.1, -0.05) is 6.08 Å². The zero-order valence-electron chi connectivity index (χ0n) is 16.4. The minimum Gasteiger partial charge on any atom is -0.301 e. The predicted molar refractivity (Wildman–Crippen MR) is 115 cm³/mol. The fourth-order valence-electron chi connectivity index (χ4n) is 4.96. The lowest BCUT2D eigenvalue weighted by molar-refractivity contribution is 0.0865. The predicted octanol–water partition coefficient (Wildman–Crippen LogP) is 3.07. The molecular weight excluding hydrogens is 390 g/mol. The average Bonchev–Trinajstić information content (AvgIpc) is 3.42. The number of nitrogens with one attached hydrogen (secondary N) is 1. The Morgan fingerprint density at radius 2 is 1.93 bits per heavy atom. The van der Waals surface area contributed by atoms with Crippen molar-refractivity contribution in [1.29, 1.82) is 0 Å². The minimum absolute atomic E-state index is 0.0901. The average molecular weight is 422 g/mol. The molecule has 0 bridgehead atoms. The van der Waals surface area contributed by atoms with Gasteiger partial charge in [-0.2, -0.15) is 0 Å². The molecule has 1 aromatic rings. The van der Waals surface area contributed by atoms with Crippen molar-refractivity contribution in [1.82, 2.24) is 14.5 Å². The molecule has 1 unspecified atom stereocenters. The van der Waals surface area contributed by atoms with E-state index in [1.54, 1.807) is 0 Å². The van der Waals surface area contributed by atoms with Crippen molar-refractivity contribution in [2.75, 3.05) is 32.7 Å². The zero-order chi connectivity index (χ0) is 19.1. The van der Waals surface area contributed by atoms with Gasteiger partial charge in [0.1, 0.15) is 0 Å². The summed E-state index contributed by atoms with van der Waals surface area (Å²) in [5.41, 5.74) is 1.52. The van der Waals surface area contributed by atoms with Crippen LogP contribution >= 0.6 is 11.3 Å². The molecule has 0 amide bonds. The molecule has 4 aliphatic rings. The Morgan fingerprint density at radius 3 is 2.68 bits per heavy atom. The molecule has 154 valence electrons. The molecule has 1 aliphatic heterocycles. The van der Waals surface area contributed by atoms with Crippen LogP contribution in [0, 0.1) is 5.92 Å². The number of hydrogen-bond acceptors (Lipinski definition) is 5. The molecule has 1 N–H and O–H groups in total. The van der Waals surface area contributed by atoms with E-state index >= 15 is 0 Å². The summed E-state index contributed by atoms with van der Waals surface area (Å²) in [4.78, 5) is 6.71. The Hall–Kier alpha value is -0.730. The van der Waals surface area contributed by atoms with E-state index in [-0.39, 0.29) is 11.3 Å². The van der Waals surface area contributed by atoms with Gasteiger partial charge in [0.2, 0.25) is 10.0 Å². The Kier molecular flexibility index (Phi) is 5.39. The first-order valence-corrected chi connectivity index (χ1v) is 13.2. The number of rotatable bonds is 7. The van der Waals surface area contributed by atoms with E-state index in [9.17, 15) is 8.42 Å². The summed E-state index contributed by atoms with van der Waals surface area (Å²) in [6.07, 6.45) is 10.7. The summed E-state index contributed by atoms with van der Waals surface area (Å²) in [5, 5.41) is 2.13. The van der Waals surface area contributed by atoms with Crippen LogP contribution in [0.2, 0.25) is 0 Å². The molecule has 7 heteroatoms. The molecule has 28 heavy (non-hydrogen) atoms. The largest absolute Gasteiger partial charge is 0.301 e. The van der Waals surface area contributed by atoms with Crippen LogP contribution < -0.4 is 4.72 Å². The maximum Gasteiger partial charge on any atom is 0.214 e. The first kappa shape index (κ1) is 19.2. The van der Waals surface area contributed by atoms with Crippen molar-refractivity contribution in [3.05, 3.63) is 28.0 Å². The Morgan fingerprint density at radius 1 is 1.14 bits per heavy atom. The monoisotopic (exact) mass is 421 g/mol. The highest BCUT2D eigenvalue weighted by Crippen LogP contribution is 2.37. The number of nitrogens with zero attached hydrogens (tertiary/aromatic N) is 2. The lowest BCUT2D eigenvalue weighted by Gasteiger charge is -2.41. The Bertz CT molecular complexity index is 816. The van der Waals surface area contributed by atoms with Crippen LogP contribution in [-0.4, -0.2) is 62.2 Å². The van der Waals surface area contributed by atoms with Gasteiger partial charge in [0.15, 0.2) is 0 Å². The van der Waals surface area contributed by atoms with Gasteiger partial charge in [-0.25, -0.2) is 13.1 Å². The number of sulfonamides is 1. The van der Waals surface area contributed by atoms with Gasteiger partial charge >= 0.3 is 0 Å². The normalized spacial score (nSPS) is 31.5. The van der Waals surface area contributed by atoms with Crippen LogP contribution in [0.3, 0.4) is 0 Å². The third-order valence-electron chi connectivity index (χ3n) is 6.95. The lowest BCUT2D eigenvalue weighted by atomic mass is 9.79. The molecule has 3 aliphatic carbocycles. The van der Waals surface area contributed by atoms with Gasteiger partial charge < -0.3 is 4.90 Å². The summed E-state index contributed by atoms with van der Waals surface area (Å²) >= 11 is 1.86. The second-order valence-electron chi connectivity index (χ2n) is 8.96. The van der Waals surface area contributed by atoms with Gasteiger partial charge in [-0.15, -0.1) is 11.3 Å². The molecule has 0 radical (unpaired) electrons. The van der Waals surface area contributed by atoms with E-state index in [2.05, 4.69) is 38.1 Å². The van der Waals surface area contributed by atoms with E-state index in [1.807, 2.05) is 11.3 Å². The highest BCUT2D eigenvalue weighted by Gasteiger charge is 2.40. The van der Waals surface area contributed by atoms with Crippen LogP contribution in [-0.2, 0) is 10.0 Å². The highest BCUT2D eigenvalue weighted by atomic mass is 32.2. The minimum atomic E-state index is -3.01. The summed E-state index contributed by atoms with van der Waals surface area (Å²) in [6.45, 7) is 5.79. The molecule has 1 aromatic heterocycles. The lowest BCUT2D eigenvalue weighted by Crippen LogP contribution is -2.49. The van der Waals surface area contributed by atoms with Crippen LogP contribution in [0.15, 0.2) is 17.5 Å². The second-order valence-corrected chi connectivity index (χ2v) is 11.9. The van der Waals surface area contributed by atoms with Crippen molar-refractivity contribution in [3.63, 3.8) is 0 Å². The molecule has 2 saturated carbocycles. The maximum atomic E-state index is 12.0. The fraction of sp³-hybridized carbons (Fsp3) is 0.714. The molecule has 1 saturated heterocycles. The van der Waals surface area contributed by atoms with Crippen LogP contribution in [0.4, 0.5) is 0 Å². The molecule has 0 spiro atoms.